The van der Waals surface area contributed by atoms with Crippen LogP contribution >= 0.6 is 11.3 Å². The van der Waals surface area contributed by atoms with E-state index in [-0.39, 0.29) is 5.97 Å². The zero-order valence-corrected chi connectivity index (χ0v) is 11.9. The van der Waals surface area contributed by atoms with Gasteiger partial charge in [0.25, 0.3) is 0 Å². The molecule has 0 aliphatic carbocycles. The number of thiazole rings is 1. The van der Waals surface area contributed by atoms with Crippen LogP contribution in [0.15, 0.2) is 23.7 Å². The molecule has 19 heavy (non-hydrogen) atoms. The van der Waals surface area contributed by atoms with Gasteiger partial charge in [-0.15, -0.1) is 11.3 Å². The van der Waals surface area contributed by atoms with Gasteiger partial charge >= 0.3 is 5.97 Å². The summed E-state index contributed by atoms with van der Waals surface area (Å²) in [5.41, 5.74) is 2.74. The third-order valence-corrected chi connectivity index (χ3v) is 3.66. The molecule has 0 aliphatic heterocycles. The van der Waals surface area contributed by atoms with Crippen LogP contribution in [0.3, 0.4) is 0 Å². The minimum atomic E-state index is -0.532. The average Bonchev–Trinajstić information content (AvgIpc) is 2.90. The second-order valence-corrected chi connectivity index (χ2v) is 5.14. The van der Waals surface area contributed by atoms with Gasteiger partial charge < -0.3 is 9.47 Å². The van der Waals surface area contributed by atoms with Crippen molar-refractivity contribution in [3.63, 3.8) is 0 Å². The van der Waals surface area contributed by atoms with Crippen molar-refractivity contribution < 1.29 is 14.3 Å². The van der Waals surface area contributed by atoms with Gasteiger partial charge in [-0.05, 0) is 31.0 Å². The summed E-state index contributed by atoms with van der Waals surface area (Å²) >= 11 is 1.55. The van der Waals surface area contributed by atoms with Crippen molar-refractivity contribution in [1.29, 1.82) is 0 Å². The molecule has 2 aromatic rings. The molecule has 0 saturated carbocycles. The van der Waals surface area contributed by atoms with Crippen molar-refractivity contribution >= 4 is 27.5 Å². The predicted octanol–water partition coefficient (Wildman–Crippen LogP) is 3.41. The standard InChI is InChI=1S/C14H17NO3S/c1-3-4-5-12(14(16)17-2)18-10-6-7-11-13(8-10)19-9-15-11/h6-9,12H,3-5H2,1-2H3. The van der Waals surface area contributed by atoms with Crippen LogP contribution < -0.4 is 4.74 Å². The molecule has 4 nitrogen and oxygen atoms in total. The molecule has 0 amide bonds. The first-order valence-electron chi connectivity index (χ1n) is 6.32. The zero-order valence-electron chi connectivity index (χ0n) is 11.1. The lowest BCUT2D eigenvalue weighted by molar-refractivity contribution is -0.149. The van der Waals surface area contributed by atoms with Crippen molar-refractivity contribution in [2.24, 2.45) is 0 Å². The topological polar surface area (TPSA) is 48.4 Å². The number of esters is 1. The first kappa shape index (κ1) is 13.8. The average molecular weight is 279 g/mol. The number of carbonyl (C=O) groups is 1. The van der Waals surface area contributed by atoms with E-state index in [2.05, 4.69) is 11.9 Å². The molecule has 0 aliphatic rings. The van der Waals surface area contributed by atoms with E-state index in [9.17, 15) is 4.79 Å². The highest BCUT2D eigenvalue weighted by atomic mass is 32.1. The lowest BCUT2D eigenvalue weighted by Crippen LogP contribution is -2.28. The highest BCUT2D eigenvalue weighted by Gasteiger charge is 2.20. The maximum atomic E-state index is 11.7. The number of benzene rings is 1. The number of nitrogens with zero attached hydrogens (tertiary/aromatic N) is 1. The van der Waals surface area contributed by atoms with Gasteiger partial charge in [0.2, 0.25) is 0 Å². The molecule has 2 rings (SSSR count). The van der Waals surface area contributed by atoms with Crippen molar-refractivity contribution in [3.05, 3.63) is 23.7 Å². The third-order valence-electron chi connectivity index (χ3n) is 2.87. The Morgan fingerprint density at radius 3 is 3.05 bits per heavy atom. The fourth-order valence-corrected chi connectivity index (χ4v) is 2.52. The smallest absolute Gasteiger partial charge is 0.347 e. The number of hydrogen-bond donors (Lipinski definition) is 0. The van der Waals surface area contributed by atoms with E-state index < -0.39 is 6.10 Å². The molecular formula is C14H17NO3S. The molecule has 0 saturated heterocycles. The van der Waals surface area contributed by atoms with E-state index >= 15 is 0 Å². The van der Waals surface area contributed by atoms with Gasteiger partial charge in [0.15, 0.2) is 6.10 Å². The summed E-state index contributed by atoms with van der Waals surface area (Å²) < 4.78 is 11.6. The normalized spacial score (nSPS) is 12.3. The zero-order chi connectivity index (χ0) is 13.7. The summed E-state index contributed by atoms with van der Waals surface area (Å²) in [6, 6.07) is 5.65. The number of hydrogen-bond acceptors (Lipinski definition) is 5. The van der Waals surface area contributed by atoms with Crippen LogP contribution in [0.2, 0.25) is 0 Å². The lowest BCUT2D eigenvalue weighted by Gasteiger charge is -2.16. The predicted molar refractivity (Wildman–Crippen MR) is 75.6 cm³/mol. The number of ether oxygens (including phenoxy) is 2. The van der Waals surface area contributed by atoms with E-state index in [0.29, 0.717) is 12.2 Å². The Kier molecular flexibility index (Phi) is 4.74. The molecule has 1 unspecified atom stereocenters. The van der Waals surface area contributed by atoms with Crippen LogP contribution in [0.4, 0.5) is 0 Å². The molecular weight excluding hydrogens is 262 g/mol. The molecule has 0 fully saturated rings. The Morgan fingerprint density at radius 2 is 2.32 bits per heavy atom. The molecule has 0 radical (unpaired) electrons. The van der Waals surface area contributed by atoms with E-state index in [1.54, 1.807) is 16.8 Å². The number of carbonyl (C=O) groups excluding carboxylic acids is 1. The first-order chi connectivity index (χ1) is 9.24. The van der Waals surface area contributed by atoms with Gasteiger partial charge in [0.05, 0.1) is 22.8 Å². The maximum Gasteiger partial charge on any atom is 0.347 e. The summed E-state index contributed by atoms with van der Waals surface area (Å²) in [6.07, 6.45) is 2.09. The number of aromatic nitrogens is 1. The monoisotopic (exact) mass is 279 g/mol. The summed E-state index contributed by atoms with van der Waals surface area (Å²) in [6.45, 7) is 2.08. The van der Waals surface area contributed by atoms with E-state index in [1.807, 2.05) is 18.2 Å². The van der Waals surface area contributed by atoms with Gasteiger partial charge in [-0.25, -0.2) is 9.78 Å². The minimum absolute atomic E-state index is 0.321. The first-order valence-corrected chi connectivity index (χ1v) is 7.20. The Bertz CT molecular complexity index is 552. The highest BCUT2D eigenvalue weighted by Crippen LogP contribution is 2.24. The third kappa shape index (κ3) is 3.44. The van der Waals surface area contributed by atoms with Crippen LogP contribution in [0, 0.1) is 0 Å². The lowest BCUT2D eigenvalue weighted by atomic mass is 10.1. The molecule has 1 aromatic carbocycles. The number of rotatable bonds is 6. The minimum Gasteiger partial charge on any atom is -0.479 e. The number of fused-ring (bicyclic) bond motifs is 1. The Morgan fingerprint density at radius 1 is 1.47 bits per heavy atom. The molecule has 1 heterocycles. The van der Waals surface area contributed by atoms with Crippen LogP contribution in [0.5, 0.6) is 5.75 Å². The quantitative estimate of drug-likeness (QED) is 0.760. The second-order valence-electron chi connectivity index (χ2n) is 4.25. The summed E-state index contributed by atoms with van der Waals surface area (Å²) in [7, 11) is 1.39. The Hall–Kier alpha value is -1.62. The van der Waals surface area contributed by atoms with Crippen LogP contribution in [0.25, 0.3) is 10.2 Å². The summed E-state index contributed by atoms with van der Waals surface area (Å²) in [5.74, 6) is 0.362. The van der Waals surface area contributed by atoms with Gasteiger partial charge in [0.1, 0.15) is 5.75 Å². The Labute approximate surface area is 116 Å². The van der Waals surface area contributed by atoms with Gasteiger partial charge in [0, 0.05) is 0 Å². The second kappa shape index (κ2) is 6.52. The molecule has 0 bridgehead atoms. The van der Waals surface area contributed by atoms with Crippen molar-refractivity contribution in [2.45, 2.75) is 32.3 Å². The highest BCUT2D eigenvalue weighted by molar-refractivity contribution is 7.16. The van der Waals surface area contributed by atoms with Crippen LogP contribution in [-0.2, 0) is 9.53 Å². The van der Waals surface area contributed by atoms with Crippen LogP contribution in [0.1, 0.15) is 26.2 Å². The molecule has 0 spiro atoms. The maximum absolute atomic E-state index is 11.7. The van der Waals surface area contributed by atoms with Crippen molar-refractivity contribution in [1.82, 2.24) is 4.98 Å². The summed E-state index contributed by atoms with van der Waals surface area (Å²) in [4.78, 5) is 15.9. The van der Waals surface area contributed by atoms with Gasteiger partial charge in [-0.3, -0.25) is 0 Å². The largest absolute Gasteiger partial charge is 0.479 e. The van der Waals surface area contributed by atoms with Crippen molar-refractivity contribution in [2.75, 3.05) is 7.11 Å². The van der Waals surface area contributed by atoms with Gasteiger partial charge in [-0.1, -0.05) is 13.3 Å². The van der Waals surface area contributed by atoms with E-state index in [0.717, 1.165) is 23.1 Å². The van der Waals surface area contributed by atoms with E-state index in [4.69, 9.17) is 9.47 Å². The van der Waals surface area contributed by atoms with Crippen molar-refractivity contribution in [3.8, 4) is 5.75 Å². The number of unbranched alkanes of at least 4 members (excludes halogenated alkanes) is 1. The fraction of sp³-hybridized carbons (Fsp3) is 0.429. The fourth-order valence-electron chi connectivity index (χ4n) is 1.82. The van der Waals surface area contributed by atoms with Gasteiger partial charge in [-0.2, -0.15) is 0 Å². The molecule has 0 N–H and O–H groups in total. The van der Waals surface area contributed by atoms with E-state index in [1.165, 1.54) is 7.11 Å². The molecule has 102 valence electrons. The molecule has 1 aromatic heterocycles. The molecule has 5 heteroatoms. The Balaban J connectivity index is 2.12. The number of methoxy groups -OCH3 is 1. The SMILES string of the molecule is CCCCC(Oc1ccc2ncsc2c1)C(=O)OC. The molecule has 1 atom stereocenters. The summed E-state index contributed by atoms with van der Waals surface area (Å²) in [5, 5.41) is 0. The van der Waals surface area contributed by atoms with Crippen LogP contribution in [-0.4, -0.2) is 24.2 Å².